The monoisotopic (exact) mass is 374 g/mol. The molecule has 3 aromatic rings. The minimum absolute atomic E-state index is 0.350. The molecule has 0 N–H and O–H groups in total. The van der Waals surface area contributed by atoms with Crippen LogP contribution in [0.2, 0.25) is 0 Å². The maximum atomic E-state index is 10.7. The molecular weight excluding hydrogens is 352 g/mol. The van der Waals surface area contributed by atoms with E-state index < -0.39 is 0 Å². The summed E-state index contributed by atoms with van der Waals surface area (Å²) in [6, 6.07) is 7.66. The van der Waals surface area contributed by atoms with E-state index in [1.807, 2.05) is 63.4 Å². The van der Waals surface area contributed by atoms with Gasteiger partial charge in [0.15, 0.2) is 5.69 Å². The SMILES string of the molecule is C=CC(=CC=CC)c1cc(-c2nc(-c3ccc(CC=O)cc3C)no2)nn1C. The number of benzene rings is 1. The molecule has 0 spiro atoms. The van der Waals surface area contributed by atoms with Crippen LogP contribution < -0.4 is 0 Å². The van der Waals surface area contributed by atoms with Gasteiger partial charge in [0.25, 0.3) is 5.89 Å². The predicted molar refractivity (Wildman–Crippen MR) is 109 cm³/mol. The van der Waals surface area contributed by atoms with E-state index in [0.29, 0.717) is 23.8 Å². The second kappa shape index (κ2) is 8.43. The molecule has 0 aliphatic heterocycles. The zero-order valence-electron chi connectivity index (χ0n) is 16.2. The number of nitrogens with zero attached hydrogens (tertiary/aromatic N) is 4. The topological polar surface area (TPSA) is 73.8 Å². The molecule has 3 rings (SSSR count). The molecule has 0 unspecified atom stereocenters. The van der Waals surface area contributed by atoms with Gasteiger partial charge in [0.05, 0.1) is 5.69 Å². The van der Waals surface area contributed by atoms with E-state index in [1.165, 1.54) is 0 Å². The van der Waals surface area contributed by atoms with Crippen molar-refractivity contribution in [2.75, 3.05) is 0 Å². The first-order chi connectivity index (χ1) is 13.6. The summed E-state index contributed by atoms with van der Waals surface area (Å²) in [6.07, 6.45) is 8.93. The number of allylic oxidation sites excluding steroid dienone is 5. The van der Waals surface area contributed by atoms with Gasteiger partial charge in [-0.3, -0.25) is 4.68 Å². The molecule has 0 aliphatic rings. The van der Waals surface area contributed by atoms with Crippen molar-refractivity contribution >= 4 is 11.9 Å². The Hall–Kier alpha value is -3.54. The summed E-state index contributed by atoms with van der Waals surface area (Å²) in [5.41, 5.74) is 5.24. The zero-order valence-corrected chi connectivity index (χ0v) is 16.2. The Morgan fingerprint density at radius 3 is 2.82 bits per heavy atom. The Morgan fingerprint density at radius 1 is 1.32 bits per heavy atom. The molecule has 1 aromatic carbocycles. The summed E-state index contributed by atoms with van der Waals surface area (Å²) in [5.74, 6) is 0.841. The molecule has 2 heterocycles. The largest absolute Gasteiger partial charge is 0.332 e. The van der Waals surface area contributed by atoms with E-state index in [2.05, 4.69) is 21.8 Å². The fraction of sp³-hybridized carbons (Fsp3) is 0.182. The lowest BCUT2D eigenvalue weighted by atomic mass is 10.0. The van der Waals surface area contributed by atoms with Crippen molar-refractivity contribution in [2.45, 2.75) is 20.3 Å². The van der Waals surface area contributed by atoms with E-state index in [1.54, 1.807) is 10.8 Å². The van der Waals surface area contributed by atoms with Gasteiger partial charge in [0, 0.05) is 19.0 Å². The summed E-state index contributed by atoms with van der Waals surface area (Å²) in [6.45, 7) is 7.79. The van der Waals surface area contributed by atoms with E-state index in [0.717, 1.165) is 34.2 Å². The Kier molecular flexibility index (Phi) is 5.79. The average molecular weight is 374 g/mol. The van der Waals surface area contributed by atoms with Crippen molar-refractivity contribution in [2.24, 2.45) is 7.05 Å². The van der Waals surface area contributed by atoms with Crippen LogP contribution in [0.15, 0.2) is 59.7 Å². The van der Waals surface area contributed by atoms with E-state index >= 15 is 0 Å². The van der Waals surface area contributed by atoms with Crippen LogP contribution in [-0.4, -0.2) is 26.2 Å². The van der Waals surface area contributed by atoms with Crippen LogP contribution in [0, 0.1) is 6.92 Å². The summed E-state index contributed by atoms with van der Waals surface area (Å²) >= 11 is 0. The number of carbonyl (C=O) groups excluding carboxylic acids is 1. The highest BCUT2D eigenvalue weighted by molar-refractivity contribution is 5.75. The van der Waals surface area contributed by atoms with Gasteiger partial charge in [-0.2, -0.15) is 10.1 Å². The normalized spacial score (nSPS) is 11.9. The van der Waals surface area contributed by atoms with Gasteiger partial charge in [0.2, 0.25) is 5.82 Å². The smallest absolute Gasteiger partial charge is 0.278 e. The molecule has 28 heavy (non-hydrogen) atoms. The highest BCUT2D eigenvalue weighted by Crippen LogP contribution is 2.26. The maximum absolute atomic E-state index is 10.7. The van der Waals surface area contributed by atoms with Gasteiger partial charge in [0.1, 0.15) is 6.29 Å². The second-order valence-corrected chi connectivity index (χ2v) is 6.33. The van der Waals surface area contributed by atoms with E-state index in [4.69, 9.17) is 4.52 Å². The molecule has 0 radical (unpaired) electrons. The Balaban J connectivity index is 1.94. The fourth-order valence-corrected chi connectivity index (χ4v) is 2.94. The lowest BCUT2D eigenvalue weighted by Gasteiger charge is -2.02. The van der Waals surface area contributed by atoms with Crippen molar-refractivity contribution < 1.29 is 9.32 Å². The Labute approximate surface area is 163 Å². The number of aromatic nitrogens is 4. The molecule has 6 heteroatoms. The molecule has 0 amide bonds. The van der Waals surface area contributed by atoms with Crippen molar-refractivity contribution in [3.63, 3.8) is 0 Å². The summed E-state index contributed by atoms with van der Waals surface area (Å²) in [7, 11) is 1.86. The standard InChI is InChI=1S/C22H22N4O2/c1-5-7-8-17(6-2)20-14-19(24-26(20)4)22-23-21(25-28-22)18-10-9-16(11-12-27)13-15(18)3/h5-10,12-14H,2,11H2,1,3-4H3. The van der Waals surface area contributed by atoms with Crippen molar-refractivity contribution in [3.8, 4) is 23.0 Å². The minimum atomic E-state index is 0.350. The molecule has 6 nitrogen and oxygen atoms in total. The first-order valence-corrected chi connectivity index (χ1v) is 8.94. The van der Waals surface area contributed by atoms with Crippen LogP contribution in [0.5, 0.6) is 0 Å². The van der Waals surface area contributed by atoms with Crippen LogP contribution >= 0.6 is 0 Å². The summed E-state index contributed by atoms with van der Waals surface area (Å²) in [4.78, 5) is 15.2. The molecule has 0 saturated heterocycles. The number of carbonyl (C=O) groups is 1. The Bertz CT molecular complexity index is 1070. The second-order valence-electron chi connectivity index (χ2n) is 6.33. The maximum Gasteiger partial charge on any atom is 0.278 e. The number of hydrogen-bond acceptors (Lipinski definition) is 5. The van der Waals surface area contributed by atoms with Crippen molar-refractivity contribution in [1.29, 1.82) is 0 Å². The van der Waals surface area contributed by atoms with Crippen molar-refractivity contribution in [3.05, 3.63) is 72.0 Å². The lowest BCUT2D eigenvalue weighted by Crippen LogP contribution is -1.96. The highest BCUT2D eigenvalue weighted by Gasteiger charge is 2.17. The Morgan fingerprint density at radius 2 is 2.14 bits per heavy atom. The zero-order chi connectivity index (χ0) is 20.1. The molecule has 0 fully saturated rings. The first-order valence-electron chi connectivity index (χ1n) is 8.94. The molecule has 0 aliphatic carbocycles. The number of hydrogen-bond donors (Lipinski definition) is 0. The minimum Gasteiger partial charge on any atom is -0.332 e. The van der Waals surface area contributed by atoms with Crippen molar-refractivity contribution in [1.82, 2.24) is 19.9 Å². The van der Waals surface area contributed by atoms with E-state index in [9.17, 15) is 4.79 Å². The van der Waals surface area contributed by atoms with Gasteiger partial charge in [-0.1, -0.05) is 54.2 Å². The fourth-order valence-electron chi connectivity index (χ4n) is 2.94. The van der Waals surface area contributed by atoms with Crippen LogP contribution in [0.1, 0.15) is 23.7 Å². The molecule has 2 aromatic heterocycles. The van der Waals surface area contributed by atoms with Gasteiger partial charge < -0.3 is 9.32 Å². The lowest BCUT2D eigenvalue weighted by molar-refractivity contribution is -0.107. The highest BCUT2D eigenvalue weighted by atomic mass is 16.5. The molecule has 0 saturated carbocycles. The van der Waals surface area contributed by atoms with Gasteiger partial charge >= 0.3 is 0 Å². The quantitative estimate of drug-likeness (QED) is 0.454. The summed E-state index contributed by atoms with van der Waals surface area (Å²) in [5, 5.41) is 8.60. The van der Waals surface area contributed by atoms with Gasteiger partial charge in [-0.15, -0.1) is 0 Å². The summed E-state index contributed by atoms with van der Waals surface area (Å²) < 4.78 is 7.21. The van der Waals surface area contributed by atoms with E-state index in [-0.39, 0.29) is 0 Å². The molecular formula is C22H22N4O2. The molecule has 0 bridgehead atoms. The first kappa shape index (κ1) is 19.2. The van der Waals surface area contributed by atoms with Gasteiger partial charge in [-0.05, 0) is 36.6 Å². The third kappa shape index (κ3) is 3.91. The third-order valence-electron chi connectivity index (χ3n) is 4.36. The van der Waals surface area contributed by atoms with Crippen LogP contribution in [-0.2, 0) is 18.3 Å². The average Bonchev–Trinajstić information content (AvgIpc) is 3.30. The molecule has 0 atom stereocenters. The number of rotatable bonds is 7. The van der Waals surface area contributed by atoms with Crippen LogP contribution in [0.4, 0.5) is 0 Å². The number of aryl methyl sites for hydroxylation is 2. The molecule has 142 valence electrons. The number of aldehydes is 1. The third-order valence-corrected chi connectivity index (χ3v) is 4.36. The van der Waals surface area contributed by atoms with Crippen LogP contribution in [0.3, 0.4) is 0 Å². The van der Waals surface area contributed by atoms with Gasteiger partial charge in [-0.25, -0.2) is 0 Å². The predicted octanol–water partition coefficient (Wildman–Crippen LogP) is 4.33. The van der Waals surface area contributed by atoms with Crippen LogP contribution in [0.25, 0.3) is 28.5 Å².